The third-order valence-electron chi connectivity index (χ3n) is 13.2. The number of amides is 2. The van der Waals surface area contributed by atoms with Crippen LogP contribution in [0.15, 0.2) is 53.9 Å². The van der Waals surface area contributed by atoms with Crippen LogP contribution in [0.3, 0.4) is 0 Å². The van der Waals surface area contributed by atoms with Gasteiger partial charge in [0.15, 0.2) is 37.2 Å². The quantitative estimate of drug-likeness (QED) is 0.00952. The Bertz CT molecular complexity index is 3820. The number of azide groups is 2. The van der Waals surface area contributed by atoms with E-state index in [-0.39, 0.29) is 0 Å². The second kappa shape index (κ2) is 34.9. The van der Waals surface area contributed by atoms with Gasteiger partial charge in [0.1, 0.15) is 80.7 Å². The number of aromatic amines is 2. The van der Waals surface area contributed by atoms with Gasteiger partial charge in [0.05, 0.1) is 25.9 Å². The summed E-state index contributed by atoms with van der Waals surface area (Å²) in [6.45, 7) is -1.72. The van der Waals surface area contributed by atoms with Crippen molar-refractivity contribution < 1.29 is 170 Å². The largest absolute Gasteiger partial charge is 0.490 e. The number of alkyl halides is 3. The molecule has 0 aromatic carbocycles. The van der Waals surface area contributed by atoms with Crippen LogP contribution in [0.5, 0.6) is 0 Å². The number of aliphatic hydroxyl groups is 5. The number of hydrogen-bond acceptors (Lipinski definition) is 35. The van der Waals surface area contributed by atoms with Crippen LogP contribution in [0.1, 0.15) is 40.2 Å². The fourth-order valence-corrected chi connectivity index (χ4v) is 13.4. The van der Waals surface area contributed by atoms with Gasteiger partial charge in [0, 0.05) is 61.0 Å². The summed E-state index contributed by atoms with van der Waals surface area (Å²) in [7, 11) is -23.2. The Morgan fingerprint density at radius 2 is 1.03 bits per heavy atom. The van der Waals surface area contributed by atoms with Gasteiger partial charge in [-0.25, -0.2) is 32.6 Å². The Morgan fingerprint density at radius 3 is 1.49 bits per heavy atom. The summed E-state index contributed by atoms with van der Waals surface area (Å²) in [6.07, 6.45) is -32.3. The molecule has 2 aromatic rings. The smallest absolute Gasteiger partial charge is 0.463 e. The molecule has 56 heteroatoms. The maximum atomic E-state index is 13.2. The predicted octanol–water partition coefficient (Wildman–Crippen LogP) is -4.62. The molecular weight excluding hydrogens is 1460 g/mol. The van der Waals surface area contributed by atoms with Crippen molar-refractivity contribution >= 4 is 67.0 Å². The molecule has 6 rings (SSSR count). The van der Waals surface area contributed by atoms with Crippen LogP contribution in [0, 0.1) is 5.92 Å². The lowest BCUT2D eigenvalue weighted by molar-refractivity contribution is -0.247. The van der Waals surface area contributed by atoms with Crippen LogP contribution in [-0.4, -0.2) is 237 Å². The fourth-order valence-electron chi connectivity index (χ4n) is 9.12. The minimum absolute atomic E-state index is 0.408. The number of nitrogens with zero attached hydrogens (tertiary/aromatic N) is 8. The van der Waals surface area contributed by atoms with Crippen molar-refractivity contribution in [2.24, 2.45) is 16.1 Å². The van der Waals surface area contributed by atoms with E-state index in [0.29, 0.717) is 21.4 Å². The molecular formula is C43H59F3N12O37P4. The number of esters is 4. The van der Waals surface area contributed by atoms with E-state index in [9.17, 15) is 124 Å². The number of ether oxygens (including phenoxy) is 8. The van der Waals surface area contributed by atoms with Crippen molar-refractivity contribution in [1.82, 2.24) is 29.7 Å². The van der Waals surface area contributed by atoms with E-state index in [1.807, 2.05) is 10.3 Å². The van der Waals surface area contributed by atoms with Gasteiger partial charge < -0.3 is 93.6 Å². The van der Waals surface area contributed by atoms with E-state index in [2.05, 4.69) is 52.3 Å². The number of nitrogens with one attached hydrogen (secondary N) is 4. The third-order valence-corrected chi connectivity index (χ3v) is 18.4. The molecule has 0 aliphatic carbocycles. The highest BCUT2D eigenvalue weighted by atomic mass is 31.3. The van der Waals surface area contributed by atoms with E-state index in [1.165, 1.54) is 6.92 Å². The van der Waals surface area contributed by atoms with Crippen LogP contribution in [-0.2, 0) is 112 Å². The second-order valence-electron chi connectivity index (χ2n) is 20.4. The number of halogens is 3. The zero-order chi connectivity index (χ0) is 74.4. The number of aromatic nitrogens is 4. The normalized spacial score (nSPS) is 30.6. The Hall–Kier alpha value is -7.25. The van der Waals surface area contributed by atoms with Crippen LogP contribution < -0.4 is 33.1 Å². The van der Waals surface area contributed by atoms with Gasteiger partial charge in [0.2, 0.25) is 11.8 Å². The molecule has 0 bridgehead atoms. The Morgan fingerprint density at radius 1 is 0.596 bits per heavy atom. The Labute approximate surface area is 546 Å². The second-order valence-corrected chi connectivity index (χ2v) is 26.4. The fraction of sp³-hybridized carbons (Fsp3) is 0.674. The third kappa shape index (κ3) is 23.7. The first-order valence-electron chi connectivity index (χ1n) is 27.3. The zero-order valence-electron chi connectivity index (χ0n) is 50.4. The summed E-state index contributed by atoms with van der Waals surface area (Å²) in [4.78, 5) is 168. The van der Waals surface area contributed by atoms with Crippen LogP contribution >= 0.6 is 31.3 Å². The molecule has 554 valence electrons. The van der Waals surface area contributed by atoms with Crippen molar-refractivity contribution in [1.29, 1.82) is 0 Å². The average molecular weight is 1520 g/mol. The minimum Gasteiger partial charge on any atom is -0.463 e. The number of hydrogen-bond donors (Lipinski definition) is 13. The topological polar surface area (TPSA) is 713 Å². The summed E-state index contributed by atoms with van der Waals surface area (Å²) >= 11 is 0. The summed E-state index contributed by atoms with van der Waals surface area (Å²) in [5, 5.41) is 60.4. The van der Waals surface area contributed by atoms with E-state index < -0.39 is 245 Å². The first kappa shape index (κ1) is 82.4. The average Bonchev–Trinajstić information content (AvgIpc) is 1.18. The molecule has 4 fully saturated rings. The molecule has 99 heavy (non-hydrogen) atoms. The molecule has 4 saturated heterocycles. The summed E-state index contributed by atoms with van der Waals surface area (Å²) in [5.41, 5.74) is 12.8. The SMILES string of the molecule is CC(=O)OCC1O[C@H](OP(=O)(O)OP(=O)(O)OC[C@H]2O[C@@H](n3ccc(=O)[nH]c3=O)[C@@H](OC(=O)C(F)(F)F)C2OC(C)=O)C(NC(=O)CN=[N+]=[N-])[C@@H](C)[C@H]1OC(C)=O.[N-]=[N+]=NCC(=O)NC1[C@@H](OP(=O)(O)OP(=O)(O)OC[C@H]2O[C@@H](n3ccc(=O)[nH]c3=O)[C@@H](O)C2O)OC(CO)[C@H](O)[C@@H]1O. The molecule has 22 atom stereocenters. The number of carbonyl (C=O) groups is 6. The molecule has 2 amide bonds. The molecule has 4 aliphatic heterocycles. The number of rotatable bonds is 28. The van der Waals surface area contributed by atoms with Gasteiger partial charge in [-0.2, -0.15) is 21.8 Å². The van der Waals surface area contributed by atoms with E-state index in [4.69, 9.17) is 48.7 Å². The first-order chi connectivity index (χ1) is 45.9. The molecule has 0 spiro atoms. The van der Waals surface area contributed by atoms with E-state index in [1.54, 1.807) is 4.98 Å². The number of phosphoric ester groups is 4. The van der Waals surface area contributed by atoms with Gasteiger partial charge in [-0.1, -0.05) is 17.2 Å². The van der Waals surface area contributed by atoms with Crippen molar-refractivity contribution in [2.75, 3.05) is 39.5 Å². The maximum absolute atomic E-state index is 13.2. The Kier molecular flexibility index (Phi) is 29.0. The van der Waals surface area contributed by atoms with Gasteiger partial charge in [-0.3, -0.25) is 70.8 Å². The van der Waals surface area contributed by atoms with Crippen molar-refractivity contribution in [3.63, 3.8) is 0 Å². The Balaban J connectivity index is 0.000000374. The minimum atomic E-state index is -5.95. The summed E-state index contributed by atoms with van der Waals surface area (Å²) in [6, 6.07) is -1.87. The highest BCUT2D eigenvalue weighted by Gasteiger charge is 2.57. The molecule has 10 unspecified atom stereocenters. The lowest BCUT2D eigenvalue weighted by Crippen LogP contribution is -2.64. The van der Waals surface area contributed by atoms with E-state index >= 15 is 0 Å². The molecule has 49 nitrogen and oxygen atoms in total. The number of H-pyrrole nitrogens is 2. The number of carbonyl (C=O) groups excluding carboxylic acids is 6. The number of aliphatic hydroxyl groups excluding tert-OH is 5. The maximum Gasteiger partial charge on any atom is 0.490 e. The van der Waals surface area contributed by atoms with Crippen LogP contribution in [0.25, 0.3) is 20.9 Å². The molecule has 13 N–H and O–H groups in total. The molecule has 6 heterocycles. The first-order valence-corrected chi connectivity index (χ1v) is 33.2. The predicted molar refractivity (Wildman–Crippen MR) is 299 cm³/mol. The van der Waals surface area contributed by atoms with Crippen LogP contribution in [0.2, 0.25) is 0 Å². The van der Waals surface area contributed by atoms with Crippen LogP contribution in [0.4, 0.5) is 13.2 Å². The molecule has 0 radical (unpaired) electrons. The highest BCUT2D eigenvalue weighted by Crippen LogP contribution is 2.63. The zero-order valence-corrected chi connectivity index (χ0v) is 54.0. The number of phosphoric acid groups is 4. The standard InChI is InChI=1S/C26H33F3N6O20P2.C17H26N6O17P2/c1-10-18(32-17(40)7-31-34-30)23(52-14(8-47-11(2)36)19(10)49-12(3)37)54-57(45,46)55-56(43,44)48-9-15-20(50-13(4)38)21(53-24(41)26(27,28)29)22(51-15)35-6-5-16(39)33-25(35)42;18-22-19-3-9(26)20-10-13(29)11(27)6(4-24)38-16(10)39-42(34,35)40-41(32,33)36-5-7-12(28)14(30)15(37-7)23-2-1-8(25)21-17(23)31/h5-6,10,14-15,18-23H,7-9H2,1-4H3,(H,32,40)(H,43,44)(H,45,46)(H,33,39,42);1-2,6-7,10-16,24,27-30H,3-5H2,(H,20,26)(H,32,33)(H,34,35)(H,21,25,31)/t10-,14?,15-,18?,19-,20?,21+,22-,23-;6?,7-,10?,11+,12?,13-,14+,15-,16-/m11/s1. The summed E-state index contributed by atoms with van der Waals surface area (Å²) < 4.78 is 160. The van der Waals surface area contributed by atoms with Gasteiger partial charge >= 0.3 is 72.7 Å². The van der Waals surface area contributed by atoms with Crippen molar-refractivity contribution in [3.8, 4) is 0 Å². The van der Waals surface area contributed by atoms with Gasteiger partial charge in [-0.15, -0.1) is 0 Å². The lowest BCUT2D eigenvalue weighted by Gasteiger charge is -2.44. The molecule has 2 aromatic heterocycles. The van der Waals surface area contributed by atoms with Crippen molar-refractivity contribution in [2.45, 2.75) is 138 Å². The van der Waals surface area contributed by atoms with Gasteiger partial charge in [-0.05, 0) is 11.1 Å². The molecule has 0 saturated carbocycles. The van der Waals surface area contributed by atoms with Crippen molar-refractivity contribution in [3.05, 3.63) is 87.1 Å². The monoisotopic (exact) mass is 1520 g/mol. The lowest BCUT2D eigenvalue weighted by atomic mass is 9.88. The molecule has 4 aliphatic rings. The van der Waals surface area contributed by atoms with Gasteiger partial charge in [0.25, 0.3) is 11.1 Å². The summed E-state index contributed by atoms with van der Waals surface area (Å²) in [5.74, 6) is -9.12. The van der Waals surface area contributed by atoms with E-state index in [0.717, 1.165) is 33.0 Å². The highest BCUT2D eigenvalue weighted by molar-refractivity contribution is 7.61.